The Morgan fingerprint density at radius 3 is 2.84 bits per heavy atom. The van der Waals surface area contributed by atoms with Crippen LogP contribution in [0.4, 0.5) is 0 Å². The molecule has 2 atom stereocenters. The number of hydrogen-bond acceptors (Lipinski definition) is 6. The molecule has 0 amide bonds. The van der Waals surface area contributed by atoms with Gasteiger partial charge in [-0.1, -0.05) is 35.5 Å². The van der Waals surface area contributed by atoms with Crippen LogP contribution in [-0.4, -0.2) is 43.5 Å². The lowest BCUT2D eigenvalue weighted by molar-refractivity contribution is -0.136. The molecule has 7 nitrogen and oxygen atoms in total. The molecule has 3 heterocycles. The molecule has 4 rings (SSSR count). The van der Waals surface area contributed by atoms with E-state index in [1.54, 1.807) is 16.8 Å². The molecule has 0 radical (unpaired) electrons. The Morgan fingerprint density at radius 1 is 1.36 bits per heavy atom. The summed E-state index contributed by atoms with van der Waals surface area (Å²) in [6.07, 6.45) is 1.70. The van der Waals surface area contributed by atoms with Crippen molar-refractivity contribution in [3.63, 3.8) is 0 Å². The van der Waals surface area contributed by atoms with Crippen molar-refractivity contribution < 1.29 is 14.6 Å². The van der Waals surface area contributed by atoms with E-state index < -0.39 is 5.97 Å². The molecule has 1 aromatic carbocycles. The number of rotatable bonds is 4. The number of aromatic nitrogens is 3. The maximum absolute atomic E-state index is 11.3. The van der Waals surface area contributed by atoms with Gasteiger partial charge in [-0.15, -0.1) is 10.2 Å². The summed E-state index contributed by atoms with van der Waals surface area (Å²) in [5.41, 5.74) is 1.51. The van der Waals surface area contributed by atoms with Crippen LogP contribution in [0.15, 0.2) is 34.5 Å². The standard InChI is InChI=1S/C16H15ClN4O3S/c17-10-5-3-9(4-6-10)14-12(8-13(22)23)25-16-19-18-15(21(16)20-14)11-2-1-7-24-11/h3-6,11-12H,1-2,7-8H2,(H,22,23)/t11-,12-/m0/s1. The van der Waals surface area contributed by atoms with Gasteiger partial charge in [0.15, 0.2) is 5.82 Å². The summed E-state index contributed by atoms with van der Waals surface area (Å²) in [4.78, 5) is 11.3. The Morgan fingerprint density at radius 2 is 2.16 bits per heavy atom. The number of nitrogens with zero attached hydrogens (tertiary/aromatic N) is 4. The molecule has 25 heavy (non-hydrogen) atoms. The predicted octanol–water partition coefficient (Wildman–Crippen LogP) is 2.98. The molecule has 1 aromatic heterocycles. The number of fused-ring (bicyclic) bond motifs is 1. The van der Waals surface area contributed by atoms with Gasteiger partial charge in [0.25, 0.3) is 0 Å². The Kier molecular flexibility index (Phi) is 4.49. The zero-order valence-corrected chi connectivity index (χ0v) is 14.7. The topological polar surface area (TPSA) is 89.6 Å². The van der Waals surface area contributed by atoms with Crippen LogP contribution in [0.25, 0.3) is 0 Å². The molecule has 2 aliphatic heterocycles. The lowest BCUT2D eigenvalue weighted by Crippen LogP contribution is -2.27. The lowest BCUT2D eigenvalue weighted by atomic mass is 10.1. The normalized spacial score (nSPS) is 22.5. The average Bonchev–Trinajstić information content (AvgIpc) is 3.23. The summed E-state index contributed by atoms with van der Waals surface area (Å²) in [7, 11) is 0. The van der Waals surface area contributed by atoms with E-state index in [4.69, 9.17) is 16.3 Å². The van der Waals surface area contributed by atoms with Gasteiger partial charge < -0.3 is 9.84 Å². The first-order chi connectivity index (χ1) is 12.1. The highest BCUT2D eigenvalue weighted by atomic mass is 35.5. The molecule has 0 saturated carbocycles. The maximum Gasteiger partial charge on any atom is 0.304 e. The highest BCUT2D eigenvalue weighted by Gasteiger charge is 2.33. The van der Waals surface area contributed by atoms with Gasteiger partial charge in [-0.25, -0.2) is 0 Å². The minimum Gasteiger partial charge on any atom is -0.481 e. The number of carboxylic acid groups (broad SMARTS) is 1. The van der Waals surface area contributed by atoms with Crippen molar-refractivity contribution >= 4 is 35.0 Å². The molecular weight excluding hydrogens is 364 g/mol. The van der Waals surface area contributed by atoms with Gasteiger partial charge in [0.05, 0.1) is 17.4 Å². The maximum atomic E-state index is 11.3. The van der Waals surface area contributed by atoms with E-state index in [9.17, 15) is 9.90 Å². The van der Waals surface area contributed by atoms with Crippen molar-refractivity contribution in [1.82, 2.24) is 14.9 Å². The van der Waals surface area contributed by atoms with Crippen LogP contribution in [0.3, 0.4) is 0 Å². The van der Waals surface area contributed by atoms with E-state index >= 15 is 0 Å². The van der Waals surface area contributed by atoms with Crippen molar-refractivity contribution in [3.05, 3.63) is 40.7 Å². The zero-order chi connectivity index (χ0) is 17.4. The molecule has 0 bridgehead atoms. The second-order valence-corrected chi connectivity index (χ2v) is 7.46. The van der Waals surface area contributed by atoms with Crippen LogP contribution in [-0.2, 0) is 9.53 Å². The Labute approximate surface area is 153 Å². The first-order valence-electron chi connectivity index (χ1n) is 7.92. The summed E-state index contributed by atoms with van der Waals surface area (Å²) < 4.78 is 7.38. The minimum atomic E-state index is -0.883. The van der Waals surface area contributed by atoms with E-state index in [0.29, 0.717) is 28.3 Å². The van der Waals surface area contributed by atoms with E-state index in [0.717, 1.165) is 18.4 Å². The van der Waals surface area contributed by atoms with E-state index in [2.05, 4.69) is 15.3 Å². The molecule has 0 unspecified atom stereocenters. The Hall–Kier alpha value is -1.90. The molecule has 1 fully saturated rings. The summed E-state index contributed by atoms with van der Waals surface area (Å²) in [6, 6.07) is 7.23. The van der Waals surface area contributed by atoms with Crippen molar-refractivity contribution in [1.29, 1.82) is 0 Å². The minimum absolute atomic E-state index is 0.0474. The molecular formula is C16H15ClN4O3S. The van der Waals surface area contributed by atoms with Gasteiger partial charge in [-0.2, -0.15) is 9.78 Å². The van der Waals surface area contributed by atoms with Crippen LogP contribution < -0.4 is 0 Å². The first kappa shape index (κ1) is 16.6. The molecule has 2 aromatic rings. The number of halogens is 1. The second-order valence-electron chi connectivity index (χ2n) is 5.85. The fraction of sp³-hybridized carbons (Fsp3) is 0.375. The summed E-state index contributed by atoms with van der Waals surface area (Å²) >= 11 is 7.33. The van der Waals surface area contributed by atoms with Crippen LogP contribution in [0.5, 0.6) is 0 Å². The van der Waals surface area contributed by atoms with Crippen molar-refractivity contribution in [2.75, 3.05) is 6.61 Å². The van der Waals surface area contributed by atoms with Gasteiger partial charge in [0.2, 0.25) is 5.16 Å². The van der Waals surface area contributed by atoms with Crippen molar-refractivity contribution in [3.8, 4) is 0 Å². The monoisotopic (exact) mass is 378 g/mol. The van der Waals surface area contributed by atoms with Crippen molar-refractivity contribution in [2.24, 2.45) is 5.10 Å². The lowest BCUT2D eigenvalue weighted by Gasteiger charge is -2.22. The zero-order valence-electron chi connectivity index (χ0n) is 13.1. The molecule has 130 valence electrons. The third-order valence-electron chi connectivity index (χ3n) is 4.11. The van der Waals surface area contributed by atoms with Crippen LogP contribution >= 0.6 is 23.4 Å². The average molecular weight is 379 g/mol. The first-order valence-corrected chi connectivity index (χ1v) is 9.18. The fourth-order valence-electron chi connectivity index (χ4n) is 2.94. The number of ether oxygens (including phenoxy) is 1. The quantitative estimate of drug-likeness (QED) is 0.879. The van der Waals surface area contributed by atoms with Crippen LogP contribution in [0, 0.1) is 0 Å². The number of thioether (sulfide) groups is 1. The SMILES string of the molecule is O=C(O)C[C@@H]1Sc2nnc([C@@H]3CCCO3)n2N=C1c1ccc(Cl)cc1. The van der Waals surface area contributed by atoms with E-state index in [1.807, 2.05) is 12.1 Å². The summed E-state index contributed by atoms with van der Waals surface area (Å²) in [5.74, 6) is -0.216. The molecule has 0 spiro atoms. The van der Waals surface area contributed by atoms with Crippen LogP contribution in [0.1, 0.15) is 36.8 Å². The number of benzene rings is 1. The Bertz CT molecular complexity index is 830. The highest BCUT2D eigenvalue weighted by Crippen LogP contribution is 2.36. The van der Waals surface area contributed by atoms with Gasteiger partial charge in [-0.3, -0.25) is 4.79 Å². The predicted molar refractivity (Wildman–Crippen MR) is 93.2 cm³/mol. The summed E-state index contributed by atoms with van der Waals surface area (Å²) in [6.45, 7) is 0.704. The number of carboxylic acids is 1. The summed E-state index contributed by atoms with van der Waals surface area (Å²) in [5, 5.41) is 23.2. The fourth-order valence-corrected chi connectivity index (χ4v) is 4.17. The number of hydrogen-bond donors (Lipinski definition) is 1. The van der Waals surface area contributed by atoms with Crippen molar-refractivity contribution in [2.45, 2.75) is 35.8 Å². The van der Waals surface area contributed by atoms with Crippen LogP contribution in [0.2, 0.25) is 5.02 Å². The molecule has 1 N–H and O–H groups in total. The van der Waals surface area contributed by atoms with Gasteiger partial charge in [0.1, 0.15) is 6.10 Å². The Balaban J connectivity index is 1.76. The number of aliphatic carboxylic acids is 1. The number of carbonyl (C=O) groups is 1. The molecule has 0 aliphatic carbocycles. The largest absolute Gasteiger partial charge is 0.481 e. The van der Waals surface area contributed by atoms with Gasteiger partial charge in [0, 0.05) is 11.6 Å². The van der Waals surface area contributed by atoms with E-state index in [1.165, 1.54) is 11.8 Å². The third-order valence-corrected chi connectivity index (χ3v) is 5.51. The smallest absolute Gasteiger partial charge is 0.304 e. The highest BCUT2D eigenvalue weighted by molar-refractivity contribution is 8.00. The molecule has 9 heteroatoms. The third kappa shape index (κ3) is 3.29. The second kappa shape index (κ2) is 6.78. The molecule has 1 saturated heterocycles. The van der Waals surface area contributed by atoms with Gasteiger partial charge in [-0.05, 0) is 30.5 Å². The van der Waals surface area contributed by atoms with Gasteiger partial charge >= 0.3 is 5.97 Å². The molecule has 2 aliphatic rings. The van der Waals surface area contributed by atoms with E-state index in [-0.39, 0.29) is 17.8 Å².